The fourth-order valence-electron chi connectivity index (χ4n) is 3.36. The molecule has 0 aromatic carbocycles. The van der Waals surface area contributed by atoms with Crippen LogP contribution in [0.15, 0.2) is 22.1 Å². The number of rotatable bonds is 2. The van der Waals surface area contributed by atoms with E-state index >= 15 is 0 Å². The van der Waals surface area contributed by atoms with E-state index in [1.54, 1.807) is 0 Å². The molecular formula is C16H15N5O3. The van der Waals surface area contributed by atoms with Crippen LogP contribution in [0.5, 0.6) is 0 Å². The standard InChI is InChI=1S/C16H15N5O3/c1-8-2-11(6-22)24-16(8)21-5-10-3-9(4-17)15(23)20-13-12(10)14(21)19-7-18-13/h3,5,7-8,11,16,22H,2,6H2,1H3,(H,18,19,20,23)/t8-,11-,16+/m0/s1. The molecule has 2 N–H and O–H groups in total. The fourth-order valence-corrected chi connectivity index (χ4v) is 3.36. The Bertz CT molecular complexity index is 959. The summed E-state index contributed by atoms with van der Waals surface area (Å²) in [4.78, 5) is 20.3. The number of nitrogens with zero attached hydrogens (tertiary/aromatic N) is 4. The lowest BCUT2D eigenvalue weighted by molar-refractivity contribution is -0.0299. The van der Waals surface area contributed by atoms with Crippen molar-refractivity contribution in [1.82, 2.24) is 9.55 Å². The molecule has 0 spiro atoms. The molecule has 24 heavy (non-hydrogen) atoms. The average Bonchev–Trinajstić information content (AvgIpc) is 3.09. The van der Waals surface area contributed by atoms with E-state index in [4.69, 9.17) is 10.00 Å². The third-order valence-electron chi connectivity index (χ3n) is 4.46. The Morgan fingerprint density at radius 1 is 1.58 bits per heavy atom. The first-order chi connectivity index (χ1) is 11.6. The highest BCUT2D eigenvalue weighted by Crippen LogP contribution is 2.42. The normalized spacial score (nSPS) is 24.8. The van der Waals surface area contributed by atoms with Gasteiger partial charge in [0.05, 0.1) is 24.4 Å². The number of aliphatic imine (C=N–C) groups is 1. The van der Waals surface area contributed by atoms with Crippen LogP contribution in [0.25, 0.3) is 10.8 Å². The van der Waals surface area contributed by atoms with Gasteiger partial charge < -0.3 is 19.7 Å². The van der Waals surface area contributed by atoms with E-state index in [9.17, 15) is 9.90 Å². The zero-order chi connectivity index (χ0) is 16.8. The van der Waals surface area contributed by atoms with E-state index in [0.29, 0.717) is 22.4 Å². The second-order valence-corrected chi connectivity index (χ2v) is 6.07. The van der Waals surface area contributed by atoms with Crippen LogP contribution in [0, 0.1) is 17.2 Å². The highest BCUT2D eigenvalue weighted by Gasteiger charge is 2.35. The van der Waals surface area contributed by atoms with Gasteiger partial charge in [-0.15, -0.1) is 0 Å². The fraction of sp³-hybridized carbons (Fsp3) is 0.375. The van der Waals surface area contributed by atoms with E-state index in [-0.39, 0.29) is 30.4 Å². The number of aliphatic hydroxyl groups excluding tert-OH is 1. The summed E-state index contributed by atoms with van der Waals surface area (Å²) in [5, 5.41) is 22.8. The summed E-state index contributed by atoms with van der Waals surface area (Å²) >= 11 is 0. The summed E-state index contributed by atoms with van der Waals surface area (Å²) in [5.74, 6) is 1.20. The Labute approximate surface area is 137 Å². The van der Waals surface area contributed by atoms with Crippen molar-refractivity contribution in [1.29, 1.82) is 5.26 Å². The number of anilines is 1. The summed E-state index contributed by atoms with van der Waals surface area (Å²) in [6, 6.07) is 3.41. The van der Waals surface area contributed by atoms with Gasteiger partial charge in [0.25, 0.3) is 5.56 Å². The van der Waals surface area contributed by atoms with E-state index in [0.717, 1.165) is 6.42 Å². The predicted molar refractivity (Wildman–Crippen MR) is 87.3 cm³/mol. The number of hydrogen-bond acceptors (Lipinski definition) is 7. The van der Waals surface area contributed by atoms with Crippen molar-refractivity contribution in [3.63, 3.8) is 0 Å². The highest BCUT2D eigenvalue weighted by molar-refractivity contribution is 6.06. The molecule has 8 nitrogen and oxygen atoms in total. The van der Waals surface area contributed by atoms with Gasteiger partial charge in [0.2, 0.25) is 0 Å². The second kappa shape index (κ2) is 5.40. The van der Waals surface area contributed by atoms with Gasteiger partial charge in [0.1, 0.15) is 29.5 Å². The first-order valence-corrected chi connectivity index (χ1v) is 7.67. The summed E-state index contributed by atoms with van der Waals surface area (Å²) in [6.07, 6.45) is 3.57. The lowest BCUT2D eigenvalue weighted by Gasteiger charge is -2.19. The van der Waals surface area contributed by atoms with Crippen LogP contribution in [-0.4, -0.2) is 33.7 Å². The first-order valence-electron chi connectivity index (χ1n) is 7.67. The van der Waals surface area contributed by atoms with Gasteiger partial charge in [0, 0.05) is 17.5 Å². The molecule has 1 saturated heterocycles. The van der Waals surface area contributed by atoms with Gasteiger partial charge in [-0.3, -0.25) is 4.79 Å². The Morgan fingerprint density at radius 2 is 2.42 bits per heavy atom. The molecule has 2 aliphatic rings. The van der Waals surface area contributed by atoms with Gasteiger partial charge in [-0.2, -0.15) is 10.2 Å². The highest BCUT2D eigenvalue weighted by atomic mass is 16.5. The van der Waals surface area contributed by atoms with E-state index in [2.05, 4.69) is 22.2 Å². The molecule has 0 amide bonds. The third kappa shape index (κ3) is 2.10. The minimum atomic E-state index is -0.574. The molecule has 0 radical (unpaired) electrons. The van der Waals surface area contributed by atoms with Crippen LogP contribution in [0.2, 0.25) is 0 Å². The number of hydrogen-bond donors (Lipinski definition) is 2. The van der Waals surface area contributed by atoms with Crippen molar-refractivity contribution in [3.05, 3.63) is 28.2 Å². The number of nitrogens with one attached hydrogen (secondary N) is 1. The molecule has 2 aromatic heterocycles. The van der Waals surface area contributed by atoms with E-state index < -0.39 is 5.56 Å². The van der Waals surface area contributed by atoms with Gasteiger partial charge in [-0.1, -0.05) is 6.92 Å². The van der Waals surface area contributed by atoms with Crippen LogP contribution >= 0.6 is 0 Å². The summed E-state index contributed by atoms with van der Waals surface area (Å²) in [6.45, 7) is 2.03. The van der Waals surface area contributed by atoms with Crippen LogP contribution in [0.1, 0.15) is 25.1 Å². The smallest absolute Gasteiger partial charge is 0.289 e. The Kier molecular flexibility index (Phi) is 3.33. The van der Waals surface area contributed by atoms with Crippen LogP contribution in [0.4, 0.5) is 11.6 Å². The molecule has 1 fully saturated rings. The molecule has 2 aliphatic heterocycles. The molecule has 4 heterocycles. The van der Waals surface area contributed by atoms with Crippen LogP contribution < -0.4 is 10.9 Å². The maximum atomic E-state index is 12.0. The zero-order valence-corrected chi connectivity index (χ0v) is 12.9. The summed E-state index contributed by atoms with van der Waals surface area (Å²) in [5.41, 5.74) is -0.595. The predicted octanol–water partition coefficient (Wildman–Crippen LogP) is 1.27. The van der Waals surface area contributed by atoms with Crippen LogP contribution in [-0.2, 0) is 4.74 Å². The average molecular weight is 325 g/mol. The molecule has 0 unspecified atom stereocenters. The number of aromatic nitrogens is 2. The number of nitriles is 1. The summed E-state index contributed by atoms with van der Waals surface area (Å²) in [7, 11) is 0. The van der Waals surface area contributed by atoms with Crippen molar-refractivity contribution in [3.8, 4) is 6.07 Å². The number of aliphatic hydroxyl groups is 1. The first kappa shape index (κ1) is 14.8. The third-order valence-corrected chi connectivity index (χ3v) is 4.46. The van der Waals surface area contributed by atoms with Gasteiger partial charge in [-0.05, 0) is 12.5 Å². The minimum Gasteiger partial charge on any atom is -0.394 e. The molecule has 3 atom stereocenters. The van der Waals surface area contributed by atoms with Gasteiger partial charge >= 0.3 is 0 Å². The molecule has 122 valence electrons. The lowest BCUT2D eigenvalue weighted by Crippen LogP contribution is -2.16. The maximum absolute atomic E-state index is 12.0. The second-order valence-electron chi connectivity index (χ2n) is 6.07. The SMILES string of the molecule is C[C@H]1C[C@@H](CO)O[C@H]1n1cc2cc(C#N)c(=O)nc3c2c1N=CN3. The quantitative estimate of drug-likeness (QED) is 0.860. The van der Waals surface area contributed by atoms with E-state index in [1.165, 1.54) is 12.4 Å². The van der Waals surface area contributed by atoms with Crippen molar-refractivity contribution in [2.45, 2.75) is 25.7 Å². The molecule has 0 aliphatic carbocycles. The van der Waals surface area contributed by atoms with Crippen LogP contribution in [0.3, 0.4) is 0 Å². The minimum absolute atomic E-state index is 0.0210. The van der Waals surface area contributed by atoms with Crippen molar-refractivity contribution >= 4 is 28.7 Å². The molecule has 0 saturated carbocycles. The van der Waals surface area contributed by atoms with Gasteiger partial charge in [-0.25, -0.2) is 4.99 Å². The molecule has 8 heteroatoms. The monoisotopic (exact) mass is 325 g/mol. The largest absolute Gasteiger partial charge is 0.394 e. The Hall–Kier alpha value is -2.76. The van der Waals surface area contributed by atoms with Crippen molar-refractivity contribution < 1.29 is 9.84 Å². The molecule has 0 bridgehead atoms. The molecule has 4 rings (SSSR count). The van der Waals surface area contributed by atoms with Crippen molar-refractivity contribution in [2.24, 2.45) is 10.9 Å². The van der Waals surface area contributed by atoms with Gasteiger partial charge in [0.15, 0.2) is 0 Å². The van der Waals surface area contributed by atoms with E-state index in [1.807, 2.05) is 16.8 Å². The number of ether oxygens (including phenoxy) is 1. The zero-order valence-electron chi connectivity index (χ0n) is 12.9. The summed E-state index contributed by atoms with van der Waals surface area (Å²) < 4.78 is 7.81. The topological polar surface area (TPSA) is 113 Å². The maximum Gasteiger partial charge on any atom is 0.289 e. The molecule has 2 aromatic rings. The van der Waals surface area contributed by atoms with Crippen molar-refractivity contribution in [2.75, 3.05) is 11.9 Å². The Balaban J connectivity index is 1.96. The Morgan fingerprint density at radius 3 is 3.12 bits per heavy atom. The molecular weight excluding hydrogens is 310 g/mol. The lowest BCUT2D eigenvalue weighted by atomic mass is 10.1.